The molecule has 1 aromatic carbocycles. The van der Waals surface area contributed by atoms with Gasteiger partial charge in [-0.3, -0.25) is 9.78 Å². The lowest BCUT2D eigenvalue weighted by Crippen LogP contribution is -2.25. The van der Waals surface area contributed by atoms with Crippen molar-refractivity contribution in [1.82, 2.24) is 14.8 Å². The molecule has 1 N–H and O–H groups in total. The number of rotatable bonds is 3. The summed E-state index contributed by atoms with van der Waals surface area (Å²) in [5.41, 5.74) is 4.42. The molecule has 1 aliphatic heterocycles. The maximum Gasteiger partial charge on any atom is 0.226 e. The summed E-state index contributed by atoms with van der Waals surface area (Å²) in [6.07, 6.45) is 2.94. The van der Waals surface area contributed by atoms with E-state index >= 15 is 0 Å². The van der Waals surface area contributed by atoms with Gasteiger partial charge in [-0.25, -0.2) is 9.07 Å². The highest BCUT2D eigenvalue weighted by Crippen LogP contribution is 2.40. The molecule has 5 nitrogen and oxygen atoms in total. The Labute approximate surface area is 150 Å². The normalized spacial score (nSPS) is 16.3. The fraction of sp³-hybridized carbons (Fsp3) is 0.250. The van der Waals surface area contributed by atoms with E-state index < -0.39 is 5.82 Å². The second kappa shape index (κ2) is 6.37. The van der Waals surface area contributed by atoms with Gasteiger partial charge in [0.1, 0.15) is 11.6 Å². The number of hydrogen-bond donors (Lipinski definition) is 1. The monoisotopic (exact) mass is 350 g/mol. The molecule has 132 valence electrons. The molecule has 0 bridgehead atoms. The first-order chi connectivity index (χ1) is 12.5. The smallest absolute Gasteiger partial charge is 0.226 e. The third kappa shape index (κ3) is 2.87. The molecule has 26 heavy (non-hydrogen) atoms. The number of carbonyl (C=O) groups is 1. The van der Waals surface area contributed by atoms with Crippen LogP contribution < -0.4 is 5.32 Å². The molecular formula is C20H19FN4O. The molecule has 0 fully saturated rings. The van der Waals surface area contributed by atoms with Crippen LogP contribution >= 0.6 is 0 Å². The van der Waals surface area contributed by atoms with Gasteiger partial charge in [-0.1, -0.05) is 29.8 Å². The van der Waals surface area contributed by atoms with E-state index in [1.54, 1.807) is 16.9 Å². The van der Waals surface area contributed by atoms with Crippen LogP contribution in [0, 0.1) is 19.7 Å². The molecule has 4 rings (SSSR count). The van der Waals surface area contributed by atoms with Crippen molar-refractivity contribution in [2.24, 2.45) is 0 Å². The van der Waals surface area contributed by atoms with E-state index in [0.717, 1.165) is 16.8 Å². The minimum atomic E-state index is -0.399. The minimum Gasteiger partial charge on any atom is -0.311 e. The number of amides is 1. The fourth-order valence-corrected chi connectivity index (χ4v) is 3.65. The van der Waals surface area contributed by atoms with Crippen LogP contribution in [0.25, 0.3) is 0 Å². The Morgan fingerprint density at radius 3 is 2.92 bits per heavy atom. The molecule has 1 aliphatic rings. The number of halogens is 1. The van der Waals surface area contributed by atoms with Crippen molar-refractivity contribution in [3.05, 3.63) is 76.5 Å². The maximum atomic E-state index is 14.3. The molecular weight excluding hydrogens is 331 g/mol. The summed E-state index contributed by atoms with van der Waals surface area (Å²) < 4.78 is 16.1. The van der Waals surface area contributed by atoms with Gasteiger partial charge in [-0.15, -0.1) is 0 Å². The first kappa shape index (κ1) is 16.4. The SMILES string of the molecule is Cc1cccc(Cn2nc(C)c3c2NC(=O)C[C@@H]3c2ccncc2F)c1. The van der Waals surface area contributed by atoms with E-state index in [-0.39, 0.29) is 18.2 Å². The second-order valence-corrected chi connectivity index (χ2v) is 6.70. The maximum absolute atomic E-state index is 14.3. The molecule has 3 heterocycles. The quantitative estimate of drug-likeness (QED) is 0.786. The van der Waals surface area contributed by atoms with Gasteiger partial charge < -0.3 is 5.32 Å². The lowest BCUT2D eigenvalue weighted by Gasteiger charge is -2.24. The van der Waals surface area contributed by atoms with Gasteiger partial charge in [0.05, 0.1) is 18.4 Å². The third-order valence-electron chi connectivity index (χ3n) is 4.76. The van der Waals surface area contributed by atoms with Crippen molar-refractivity contribution in [2.45, 2.75) is 32.7 Å². The molecule has 6 heteroatoms. The molecule has 1 atom stereocenters. The van der Waals surface area contributed by atoms with Crippen molar-refractivity contribution < 1.29 is 9.18 Å². The Hall–Kier alpha value is -3.02. The van der Waals surface area contributed by atoms with Gasteiger partial charge >= 0.3 is 0 Å². The Bertz CT molecular complexity index is 995. The average Bonchev–Trinajstić information content (AvgIpc) is 2.90. The first-order valence-electron chi connectivity index (χ1n) is 8.55. The summed E-state index contributed by atoms with van der Waals surface area (Å²) in [6, 6.07) is 9.80. The number of nitrogens with one attached hydrogen (secondary N) is 1. The van der Waals surface area contributed by atoms with Crippen LogP contribution in [0.2, 0.25) is 0 Å². The summed E-state index contributed by atoms with van der Waals surface area (Å²) in [6.45, 7) is 4.48. The van der Waals surface area contributed by atoms with Gasteiger partial charge in [0.2, 0.25) is 5.91 Å². The van der Waals surface area contributed by atoms with Gasteiger partial charge in [0.25, 0.3) is 0 Å². The lowest BCUT2D eigenvalue weighted by molar-refractivity contribution is -0.116. The summed E-state index contributed by atoms with van der Waals surface area (Å²) >= 11 is 0. The van der Waals surface area contributed by atoms with Crippen molar-refractivity contribution in [3.63, 3.8) is 0 Å². The Balaban J connectivity index is 1.79. The predicted molar refractivity (Wildman–Crippen MR) is 96.5 cm³/mol. The highest BCUT2D eigenvalue weighted by molar-refractivity contribution is 5.94. The number of anilines is 1. The van der Waals surface area contributed by atoms with Crippen molar-refractivity contribution in [2.75, 3.05) is 5.32 Å². The number of benzene rings is 1. The minimum absolute atomic E-state index is 0.135. The van der Waals surface area contributed by atoms with Crippen molar-refractivity contribution in [1.29, 1.82) is 0 Å². The van der Waals surface area contributed by atoms with Crippen molar-refractivity contribution >= 4 is 11.7 Å². The zero-order valence-corrected chi connectivity index (χ0v) is 14.7. The number of pyridine rings is 1. The van der Waals surface area contributed by atoms with Crippen LogP contribution in [0.5, 0.6) is 0 Å². The second-order valence-electron chi connectivity index (χ2n) is 6.70. The molecule has 0 aliphatic carbocycles. The Morgan fingerprint density at radius 2 is 2.15 bits per heavy atom. The van der Waals surface area contributed by atoms with Crippen LogP contribution in [0.15, 0.2) is 42.7 Å². The van der Waals surface area contributed by atoms with E-state index in [4.69, 9.17) is 0 Å². The largest absolute Gasteiger partial charge is 0.311 e. The van der Waals surface area contributed by atoms with E-state index in [1.807, 2.05) is 32.0 Å². The zero-order valence-electron chi connectivity index (χ0n) is 14.7. The zero-order chi connectivity index (χ0) is 18.3. The number of carbonyl (C=O) groups excluding carboxylic acids is 1. The molecule has 0 saturated heterocycles. The lowest BCUT2D eigenvalue weighted by atomic mass is 9.86. The number of aromatic nitrogens is 3. The first-order valence-corrected chi connectivity index (χ1v) is 8.55. The summed E-state index contributed by atoms with van der Waals surface area (Å²) in [5, 5.41) is 7.55. The van der Waals surface area contributed by atoms with Crippen LogP contribution in [-0.2, 0) is 11.3 Å². The van der Waals surface area contributed by atoms with Crippen LogP contribution in [0.3, 0.4) is 0 Å². The molecule has 1 amide bonds. The number of hydrogen-bond acceptors (Lipinski definition) is 3. The molecule has 3 aromatic rings. The molecule has 0 radical (unpaired) electrons. The molecule has 0 saturated carbocycles. The van der Waals surface area contributed by atoms with Gasteiger partial charge in [0, 0.05) is 24.1 Å². The fourth-order valence-electron chi connectivity index (χ4n) is 3.65. The summed E-state index contributed by atoms with van der Waals surface area (Å²) in [7, 11) is 0. The number of fused-ring (bicyclic) bond motifs is 1. The van der Waals surface area contributed by atoms with Gasteiger partial charge in [-0.05, 0) is 31.0 Å². The van der Waals surface area contributed by atoms with Crippen LogP contribution in [0.1, 0.15) is 40.3 Å². The number of aryl methyl sites for hydroxylation is 2. The van der Waals surface area contributed by atoms with Gasteiger partial charge in [-0.2, -0.15) is 5.10 Å². The molecule has 0 spiro atoms. The topological polar surface area (TPSA) is 59.8 Å². The summed E-state index contributed by atoms with van der Waals surface area (Å²) in [4.78, 5) is 16.1. The van der Waals surface area contributed by atoms with Crippen LogP contribution in [0.4, 0.5) is 10.2 Å². The van der Waals surface area contributed by atoms with E-state index in [2.05, 4.69) is 21.5 Å². The van der Waals surface area contributed by atoms with Crippen LogP contribution in [-0.4, -0.2) is 20.7 Å². The highest BCUT2D eigenvalue weighted by Gasteiger charge is 2.33. The average molecular weight is 350 g/mol. The standard InChI is InChI=1S/C20H19FN4O/c1-12-4-3-5-14(8-12)11-25-20-19(13(2)24-25)16(9-18(26)23-20)15-6-7-22-10-17(15)21/h3-8,10,16H,9,11H2,1-2H3,(H,23,26)/t16-/m1/s1. The number of nitrogens with zero attached hydrogens (tertiary/aromatic N) is 3. The molecule has 0 unspecified atom stereocenters. The van der Waals surface area contributed by atoms with Crippen molar-refractivity contribution in [3.8, 4) is 0 Å². The third-order valence-corrected chi connectivity index (χ3v) is 4.76. The Morgan fingerprint density at radius 1 is 1.31 bits per heavy atom. The predicted octanol–water partition coefficient (Wildman–Crippen LogP) is 3.56. The Kier molecular flexibility index (Phi) is 4.03. The highest BCUT2D eigenvalue weighted by atomic mass is 19.1. The summed E-state index contributed by atoms with van der Waals surface area (Å²) in [5.74, 6) is -0.234. The van der Waals surface area contributed by atoms with E-state index in [9.17, 15) is 9.18 Å². The van der Waals surface area contributed by atoms with E-state index in [0.29, 0.717) is 17.9 Å². The molecule has 2 aromatic heterocycles. The van der Waals surface area contributed by atoms with E-state index in [1.165, 1.54) is 11.8 Å². The van der Waals surface area contributed by atoms with Gasteiger partial charge in [0.15, 0.2) is 0 Å².